The van der Waals surface area contributed by atoms with E-state index in [1.54, 1.807) is 24.4 Å². The largest absolute Gasteiger partial charge is 0.447 e. The van der Waals surface area contributed by atoms with Crippen LogP contribution in [0.1, 0.15) is 16.4 Å². The molecular formula is C10H9N3O2. The van der Waals surface area contributed by atoms with Gasteiger partial charge in [0, 0.05) is 6.20 Å². The van der Waals surface area contributed by atoms with Crippen LogP contribution in [-0.2, 0) is 6.54 Å². The van der Waals surface area contributed by atoms with Crippen LogP contribution in [0.3, 0.4) is 0 Å². The number of carbonyl (C=O) groups excluding carboxylic acids is 1. The highest BCUT2D eigenvalue weighted by molar-refractivity contribution is 5.91. The predicted molar refractivity (Wildman–Crippen MR) is 51.9 cm³/mol. The van der Waals surface area contributed by atoms with Crippen molar-refractivity contribution in [2.45, 2.75) is 6.54 Å². The molecule has 0 aromatic carbocycles. The van der Waals surface area contributed by atoms with Gasteiger partial charge in [0.1, 0.15) is 12.0 Å². The lowest BCUT2D eigenvalue weighted by molar-refractivity contribution is 0.0942. The molecule has 76 valence electrons. The van der Waals surface area contributed by atoms with E-state index in [4.69, 9.17) is 4.42 Å². The minimum Gasteiger partial charge on any atom is -0.447 e. The Morgan fingerprint density at radius 2 is 2.27 bits per heavy atom. The van der Waals surface area contributed by atoms with Gasteiger partial charge in [-0.1, -0.05) is 6.07 Å². The number of rotatable bonds is 3. The van der Waals surface area contributed by atoms with Crippen LogP contribution in [0.5, 0.6) is 0 Å². The van der Waals surface area contributed by atoms with Gasteiger partial charge in [0.05, 0.1) is 12.7 Å². The zero-order chi connectivity index (χ0) is 10.5. The van der Waals surface area contributed by atoms with Crippen LogP contribution in [0, 0.1) is 0 Å². The first kappa shape index (κ1) is 9.39. The number of amides is 1. The number of oxazole rings is 1. The maximum atomic E-state index is 11.5. The van der Waals surface area contributed by atoms with Crippen LogP contribution in [0.2, 0.25) is 0 Å². The topological polar surface area (TPSA) is 68.0 Å². The van der Waals surface area contributed by atoms with Gasteiger partial charge in [-0.2, -0.15) is 0 Å². The predicted octanol–water partition coefficient (Wildman–Crippen LogP) is 1.000. The van der Waals surface area contributed by atoms with E-state index in [0.717, 1.165) is 0 Å². The molecule has 0 atom stereocenters. The van der Waals surface area contributed by atoms with Crippen molar-refractivity contribution in [1.29, 1.82) is 0 Å². The maximum Gasteiger partial charge on any atom is 0.270 e. The van der Waals surface area contributed by atoms with Crippen LogP contribution >= 0.6 is 0 Å². The van der Waals surface area contributed by atoms with Gasteiger partial charge in [-0.05, 0) is 12.1 Å². The SMILES string of the molecule is O=C(NCc1ncco1)c1ccccn1. The number of nitrogens with zero attached hydrogens (tertiary/aromatic N) is 2. The van der Waals surface area contributed by atoms with Crippen LogP contribution in [-0.4, -0.2) is 15.9 Å². The maximum absolute atomic E-state index is 11.5. The lowest BCUT2D eigenvalue weighted by Gasteiger charge is -2.00. The summed E-state index contributed by atoms with van der Waals surface area (Å²) in [6.45, 7) is 0.266. The molecule has 2 heterocycles. The highest BCUT2D eigenvalue weighted by atomic mass is 16.3. The molecule has 1 amide bonds. The van der Waals surface area contributed by atoms with E-state index in [-0.39, 0.29) is 12.5 Å². The third-order valence-electron chi connectivity index (χ3n) is 1.78. The molecule has 2 aromatic rings. The summed E-state index contributed by atoms with van der Waals surface area (Å²) in [5, 5.41) is 2.64. The second-order valence-electron chi connectivity index (χ2n) is 2.82. The van der Waals surface area contributed by atoms with Gasteiger partial charge in [0.15, 0.2) is 0 Å². The summed E-state index contributed by atoms with van der Waals surface area (Å²) in [6, 6.07) is 5.16. The molecule has 0 saturated carbocycles. The molecule has 1 N–H and O–H groups in total. The van der Waals surface area contributed by atoms with Gasteiger partial charge in [-0.15, -0.1) is 0 Å². The van der Waals surface area contributed by atoms with Crippen molar-refractivity contribution < 1.29 is 9.21 Å². The Labute approximate surface area is 86.2 Å². The van der Waals surface area contributed by atoms with Gasteiger partial charge in [-0.3, -0.25) is 9.78 Å². The Kier molecular flexibility index (Phi) is 2.73. The van der Waals surface area contributed by atoms with E-state index < -0.39 is 0 Å². The van der Waals surface area contributed by atoms with Crippen molar-refractivity contribution in [3.05, 3.63) is 48.4 Å². The molecule has 5 nitrogen and oxygen atoms in total. The fourth-order valence-corrected chi connectivity index (χ4v) is 1.08. The first-order chi connectivity index (χ1) is 7.36. The molecule has 5 heteroatoms. The normalized spacial score (nSPS) is 9.87. The summed E-state index contributed by atoms with van der Waals surface area (Å²) in [5.74, 6) is 0.230. The summed E-state index contributed by atoms with van der Waals surface area (Å²) in [6.07, 6.45) is 4.56. The molecule has 0 unspecified atom stereocenters. The zero-order valence-electron chi connectivity index (χ0n) is 7.88. The minimum atomic E-state index is -0.242. The third kappa shape index (κ3) is 2.40. The van der Waals surface area contributed by atoms with Gasteiger partial charge < -0.3 is 9.73 Å². The summed E-state index contributed by atoms with van der Waals surface area (Å²) >= 11 is 0. The van der Waals surface area contributed by atoms with Crippen LogP contribution in [0.4, 0.5) is 0 Å². The van der Waals surface area contributed by atoms with Gasteiger partial charge in [-0.25, -0.2) is 4.98 Å². The molecule has 0 bridgehead atoms. The van der Waals surface area contributed by atoms with Crippen LogP contribution < -0.4 is 5.32 Å². The van der Waals surface area contributed by atoms with Gasteiger partial charge >= 0.3 is 0 Å². The van der Waals surface area contributed by atoms with Crippen LogP contribution in [0.15, 0.2) is 41.3 Å². The van der Waals surface area contributed by atoms with E-state index in [9.17, 15) is 4.79 Å². The highest BCUT2D eigenvalue weighted by Crippen LogP contribution is 1.96. The standard InChI is InChI=1S/C10H9N3O2/c14-10(8-3-1-2-4-11-8)13-7-9-12-5-6-15-9/h1-6H,7H2,(H,13,14). The second kappa shape index (κ2) is 4.36. The number of hydrogen-bond acceptors (Lipinski definition) is 4. The number of aromatic nitrogens is 2. The summed E-state index contributed by atoms with van der Waals surface area (Å²) in [5.41, 5.74) is 0.379. The van der Waals surface area contributed by atoms with E-state index in [0.29, 0.717) is 11.6 Å². The molecule has 0 spiro atoms. The average molecular weight is 203 g/mol. The Bertz CT molecular complexity index is 425. The summed E-state index contributed by atoms with van der Waals surface area (Å²) in [4.78, 5) is 19.3. The zero-order valence-corrected chi connectivity index (χ0v) is 7.88. The molecule has 0 fully saturated rings. The lowest BCUT2D eigenvalue weighted by atomic mass is 10.3. The molecule has 0 radical (unpaired) electrons. The van der Waals surface area contributed by atoms with Crippen molar-refractivity contribution >= 4 is 5.91 Å². The number of hydrogen-bond donors (Lipinski definition) is 1. The number of nitrogens with one attached hydrogen (secondary N) is 1. The molecular weight excluding hydrogens is 194 g/mol. The third-order valence-corrected chi connectivity index (χ3v) is 1.78. The molecule has 0 saturated heterocycles. The molecule has 0 aliphatic heterocycles. The van der Waals surface area contributed by atoms with Crippen molar-refractivity contribution in [2.24, 2.45) is 0 Å². The Morgan fingerprint density at radius 1 is 1.33 bits per heavy atom. The number of carbonyl (C=O) groups is 1. The molecule has 2 aromatic heterocycles. The summed E-state index contributed by atoms with van der Waals surface area (Å²) in [7, 11) is 0. The van der Waals surface area contributed by atoms with Crippen LogP contribution in [0.25, 0.3) is 0 Å². The van der Waals surface area contributed by atoms with Gasteiger partial charge in [0.2, 0.25) is 5.89 Å². The smallest absolute Gasteiger partial charge is 0.270 e. The van der Waals surface area contributed by atoms with Gasteiger partial charge in [0.25, 0.3) is 5.91 Å². The second-order valence-corrected chi connectivity index (χ2v) is 2.82. The Hall–Kier alpha value is -2.17. The number of pyridine rings is 1. The summed E-state index contributed by atoms with van der Waals surface area (Å²) < 4.78 is 4.97. The Morgan fingerprint density at radius 3 is 2.93 bits per heavy atom. The van der Waals surface area contributed by atoms with E-state index in [1.165, 1.54) is 12.5 Å². The van der Waals surface area contributed by atoms with E-state index >= 15 is 0 Å². The quantitative estimate of drug-likeness (QED) is 0.808. The average Bonchev–Trinajstić information content (AvgIpc) is 2.80. The van der Waals surface area contributed by atoms with Crippen molar-refractivity contribution in [3.63, 3.8) is 0 Å². The minimum absolute atomic E-state index is 0.242. The fraction of sp³-hybridized carbons (Fsp3) is 0.100. The molecule has 0 aliphatic rings. The van der Waals surface area contributed by atoms with Crippen molar-refractivity contribution in [1.82, 2.24) is 15.3 Å². The van der Waals surface area contributed by atoms with E-state index in [1.807, 2.05) is 0 Å². The molecule has 2 rings (SSSR count). The first-order valence-corrected chi connectivity index (χ1v) is 4.44. The Balaban J connectivity index is 1.94. The molecule has 15 heavy (non-hydrogen) atoms. The fourth-order valence-electron chi connectivity index (χ4n) is 1.08. The van der Waals surface area contributed by atoms with E-state index in [2.05, 4.69) is 15.3 Å². The highest BCUT2D eigenvalue weighted by Gasteiger charge is 2.06. The first-order valence-electron chi connectivity index (χ1n) is 4.44. The van der Waals surface area contributed by atoms with Crippen molar-refractivity contribution in [2.75, 3.05) is 0 Å². The molecule has 0 aliphatic carbocycles. The monoisotopic (exact) mass is 203 g/mol. The lowest BCUT2D eigenvalue weighted by Crippen LogP contribution is -2.23. The van der Waals surface area contributed by atoms with Crippen molar-refractivity contribution in [3.8, 4) is 0 Å².